The highest BCUT2D eigenvalue weighted by atomic mass is 35.5. The number of hydrogen-bond donors (Lipinski definition) is 0. The Kier molecular flexibility index (Phi) is 13.5. The first-order valence-corrected chi connectivity index (χ1v) is 15.3. The highest BCUT2D eigenvalue weighted by molar-refractivity contribution is 7.18. The van der Waals surface area contributed by atoms with E-state index in [2.05, 4.69) is 26.8 Å². The van der Waals surface area contributed by atoms with Crippen molar-refractivity contribution in [3.05, 3.63) is 87.3 Å². The minimum atomic E-state index is 0. The van der Waals surface area contributed by atoms with Gasteiger partial charge in [0.25, 0.3) is 5.56 Å². The summed E-state index contributed by atoms with van der Waals surface area (Å²) in [5.41, 5.74) is 3.19. The van der Waals surface area contributed by atoms with Crippen molar-refractivity contribution in [1.82, 2.24) is 19.4 Å². The molecule has 4 aromatic rings. The Labute approximate surface area is 281 Å². The van der Waals surface area contributed by atoms with Gasteiger partial charge in [-0.3, -0.25) is 24.0 Å². The van der Waals surface area contributed by atoms with Crippen molar-refractivity contribution < 1.29 is 9.53 Å². The Hall–Kier alpha value is -2.66. The molecule has 2 aromatic heterocycles. The number of halogens is 3. The van der Waals surface area contributed by atoms with Gasteiger partial charge >= 0.3 is 0 Å². The van der Waals surface area contributed by atoms with E-state index in [0.29, 0.717) is 13.0 Å². The van der Waals surface area contributed by atoms with Crippen molar-refractivity contribution in [2.75, 3.05) is 57.8 Å². The number of para-hydroxylation sites is 2. The van der Waals surface area contributed by atoms with Crippen LogP contribution in [0.3, 0.4) is 0 Å². The van der Waals surface area contributed by atoms with E-state index in [1.165, 1.54) is 10.4 Å². The Balaban J connectivity index is 0.00000176. The number of carbonyl (C=O) groups is 1. The fourth-order valence-corrected chi connectivity index (χ4v) is 7.23. The summed E-state index contributed by atoms with van der Waals surface area (Å²) in [6.07, 6.45) is 3.98. The van der Waals surface area contributed by atoms with Crippen LogP contribution in [0.25, 0.3) is 10.2 Å². The van der Waals surface area contributed by atoms with E-state index in [1.807, 2.05) is 42.5 Å². The van der Waals surface area contributed by atoms with E-state index < -0.39 is 0 Å². The van der Waals surface area contributed by atoms with Crippen LogP contribution >= 0.6 is 48.6 Å². The number of Topliss-reactive ketones (excluding diaryl/α,β-unsaturated/α-hetero) is 1. The topological polar surface area (TPSA) is 70.9 Å². The molecule has 0 N–H and O–H groups in total. The normalized spacial score (nSPS) is 15.1. The molecule has 238 valence electrons. The highest BCUT2D eigenvalue weighted by Crippen LogP contribution is 2.32. The molecule has 0 atom stereocenters. The van der Waals surface area contributed by atoms with Gasteiger partial charge in [-0.25, -0.2) is 4.98 Å². The number of rotatable bonds is 10. The van der Waals surface area contributed by atoms with E-state index in [4.69, 9.17) is 9.72 Å². The van der Waals surface area contributed by atoms with Gasteiger partial charge < -0.3 is 9.64 Å². The lowest BCUT2D eigenvalue weighted by molar-refractivity contribution is 0.0974. The Morgan fingerprint density at radius 3 is 2.36 bits per heavy atom. The number of thiophene rings is 1. The highest BCUT2D eigenvalue weighted by Gasteiger charge is 2.24. The first-order valence-electron chi connectivity index (χ1n) is 14.5. The number of carbonyl (C=O) groups excluding carboxylic acids is 1. The van der Waals surface area contributed by atoms with E-state index >= 15 is 0 Å². The fourth-order valence-electron chi connectivity index (χ4n) is 6.01. The third kappa shape index (κ3) is 7.94. The molecule has 12 heteroatoms. The van der Waals surface area contributed by atoms with Gasteiger partial charge in [-0.2, -0.15) is 0 Å². The second-order valence-electron chi connectivity index (χ2n) is 10.8. The lowest BCUT2D eigenvalue weighted by Gasteiger charge is -2.36. The number of hydrogen-bond acceptors (Lipinski definition) is 8. The second kappa shape index (κ2) is 16.6. The number of nitrogens with zero attached hydrogens (tertiary/aromatic N) is 5. The molecule has 2 aromatic carbocycles. The summed E-state index contributed by atoms with van der Waals surface area (Å²) >= 11 is 1.65. The summed E-state index contributed by atoms with van der Waals surface area (Å²) in [5.74, 6) is 1.11. The van der Waals surface area contributed by atoms with Crippen LogP contribution in [0.2, 0.25) is 0 Å². The van der Waals surface area contributed by atoms with Crippen LogP contribution in [-0.2, 0) is 19.5 Å². The summed E-state index contributed by atoms with van der Waals surface area (Å²) in [4.78, 5) is 40.0. The minimum absolute atomic E-state index is 0. The van der Waals surface area contributed by atoms with Gasteiger partial charge in [-0.1, -0.05) is 42.5 Å². The maximum Gasteiger partial charge on any atom is 0.262 e. The van der Waals surface area contributed by atoms with Gasteiger partial charge in [0.05, 0.1) is 24.5 Å². The molecule has 4 heterocycles. The van der Waals surface area contributed by atoms with Crippen LogP contribution in [0, 0.1) is 0 Å². The number of benzene rings is 2. The predicted molar refractivity (Wildman–Crippen MR) is 186 cm³/mol. The molecule has 44 heavy (non-hydrogen) atoms. The fraction of sp³-hybridized carbons (Fsp3) is 0.406. The quantitative estimate of drug-likeness (QED) is 0.203. The summed E-state index contributed by atoms with van der Waals surface area (Å²) in [5, 5.41) is 0.812. The standard InChI is InChI=1S/C32H37N5O3S.3ClH/c1-40-28-12-6-5-10-26(28)36-19-16-34(17-20-36)18-21-37-23-33-31-30(32(37)39)25-13-15-35(22-29(25)41-31)14-7-11-27(38)24-8-3-2-4-9-24;;;/h2-6,8-10,12,23H,7,11,13-22H2,1H3;3*1H. The van der Waals surface area contributed by atoms with E-state index in [0.717, 1.165) is 92.4 Å². The third-order valence-electron chi connectivity index (χ3n) is 8.34. The molecule has 6 rings (SSSR count). The van der Waals surface area contributed by atoms with Crippen molar-refractivity contribution in [2.24, 2.45) is 0 Å². The number of anilines is 1. The zero-order chi connectivity index (χ0) is 28.2. The number of ketones is 1. The molecule has 2 aliphatic heterocycles. The molecule has 0 spiro atoms. The molecular formula is C32H40Cl3N5O3S. The Morgan fingerprint density at radius 2 is 1.61 bits per heavy atom. The molecule has 8 nitrogen and oxygen atoms in total. The average molecular weight is 681 g/mol. The smallest absolute Gasteiger partial charge is 0.262 e. The monoisotopic (exact) mass is 679 g/mol. The largest absolute Gasteiger partial charge is 0.495 e. The van der Waals surface area contributed by atoms with Crippen molar-refractivity contribution in [1.29, 1.82) is 0 Å². The first kappa shape index (κ1) is 35.8. The van der Waals surface area contributed by atoms with E-state index in [1.54, 1.807) is 29.3 Å². The molecule has 0 radical (unpaired) electrons. The van der Waals surface area contributed by atoms with Gasteiger partial charge in [-0.15, -0.1) is 48.6 Å². The Morgan fingerprint density at radius 1 is 0.886 bits per heavy atom. The molecule has 0 unspecified atom stereocenters. The lowest BCUT2D eigenvalue weighted by atomic mass is 10.0. The van der Waals surface area contributed by atoms with Gasteiger partial charge in [0.2, 0.25) is 0 Å². The SMILES string of the molecule is COc1ccccc1N1CCN(CCn2cnc3sc4c(c3c2=O)CCN(CCCC(=O)c2ccccc2)C4)CC1.Cl.Cl.Cl. The van der Waals surface area contributed by atoms with Crippen molar-refractivity contribution >= 4 is 70.2 Å². The summed E-state index contributed by atoms with van der Waals surface area (Å²) < 4.78 is 7.34. The van der Waals surface area contributed by atoms with Crippen LogP contribution in [0.5, 0.6) is 5.75 Å². The number of fused-ring (bicyclic) bond motifs is 3. The van der Waals surface area contributed by atoms with E-state index in [9.17, 15) is 9.59 Å². The predicted octanol–water partition coefficient (Wildman–Crippen LogP) is 5.58. The molecule has 0 aliphatic carbocycles. The first-order chi connectivity index (χ1) is 20.1. The molecule has 0 amide bonds. The number of aromatic nitrogens is 2. The summed E-state index contributed by atoms with van der Waals surface area (Å²) in [7, 11) is 1.72. The van der Waals surface area contributed by atoms with Crippen molar-refractivity contribution in [3.8, 4) is 5.75 Å². The molecule has 0 saturated carbocycles. The van der Waals surface area contributed by atoms with Crippen molar-refractivity contribution in [2.45, 2.75) is 32.4 Å². The van der Waals surface area contributed by atoms with Gasteiger partial charge in [0.15, 0.2) is 5.78 Å². The van der Waals surface area contributed by atoms with E-state index in [-0.39, 0.29) is 48.6 Å². The van der Waals surface area contributed by atoms with Crippen LogP contribution in [0.15, 0.2) is 65.7 Å². The average Bonchev–Trinajstić information content (AvgIpc) is 3.40. The number of piperazine rings is 1. The van der Waals surface area contributed by atoms with Crippen LogP contribution in [0.4, 0.5) is 5.69 Å². The zero-order valence-electron chi connectivity index (χ0n) is 24.9. The van der Waals surface area contributed by atoms with Crippen LogP contribution in [-0.4, -0.2) is 78.1 Å². The molecule has 1 saturated heterocycles. The maximum absolute atomic E-state index is 13.5. The van der Waals surface area contributed by atoms with Crippen LogP contribution in [0.1, 0.15) is 33.6 Å². The van der Waals surface area contributed by atoms with Crippen LogP contribution < -0.4 is 15.2 Å². The summed E-state index contributed by atoms with van der Waals surface area (Å²) in [6, 6.07) is 17.7. The summed E-state index contributed by atoms with van der Waals surface area (Å²) in [6.45, 7) is 7.84. The third-order valence-corrected chi connectivity index (χ3v) is 9.46. The molecule has 1 fully saturated rings. The molecular weight excluding hydrogens is 641 g/mol. The molecule has 0 bridgehead atoms. The maximum atomic E-state index is 13.5. The zero-order valence-corrected chi connectivity index (χ0v) is 28.1. The number of methoxy groups -OCH3 is 1. The van der Waals surface area contributed by atoms with Gasteiger partial charge in [0, 0.05) is 69.2 Å². The van der Waals surface area contributed by atoms with Gasteiger partial charge in [0.1, 0.15) is 10.6 Å². The molecule has 2 aliphatic rings. The van der Waals surface area contributed by atoms with Crippen molar-refractivity contribution in [3.63, 3.8) is 0 Å². The minimum Gasteiger partial charge on any atom is -0.495 e. The Bertz CT molecular complexity index is 1570. The lowest BCUT2D eigenvalue weighted by Crippen LogP contribution is -2.47. The van der Waals surface area contributed by atoms with Gasteiger partial charge in [-0.05, 0) is 37.1 Å². The number of ether oxygens (including phenoxy) is 1. The second-order valence-corrected chi connectivity index (χ2v) is 11.9.